The van der Waals surface area contributed by atoms with Crippen LogP contribution in [0.2, 0.25) is 0 Å². The minimum atomic E-state index is -1.77. The molecule has 3 rings (SSSR count). The number of benzene rings is 2. The summed E-state index contributed by atoms with van der Waals surface area (Å²) in [6.07, 6.45) is -7.43. The molecule has 0 amide bonds. The fraction of sp³-hybridized carbons (Fsp3) is 0.333. The largest absolute Gasteiger partial charge is 0.462 e. The Hall–Kier alpha value is -2.36. The Morgan fingerprint density at radius 1 is 0.966 bits per heavy atom. The van der Waals surface area contributed by atoms with Crippen LogP contribution in [-0.4, -0.2) is 57.7 Å². The first kappa shape index (κ1) is 21.4. The topological polar surface area (TPSA) is 99.4 Å². The number of hydrogen-bond acceptors (Lipinski definition) is 6. The molecule has 5 atom stereocenters. The molecule has 2 aromatic rings. The van der Waals surface area contributed by atoms with Crippen LogP contribution in [0, 0.1) is 0 Å². The van der Waals surface area contributed by atoms with Crippen molar-refractivity contribution in [3.63, 3.8) is 0 Å². The molecule has 156 valence electrons. The average Bonchev–Trinajstić information content (AvgIpc) is 2.71. The Labute approximate surface area is 166 Å². The van der Waals surface area contributed by atoms with E-state index in [0.717, 1.165) is 17.2 Å². The van der Waals surface area contributed by atoms with Gasteiger partial charge in [0.2, 0.25) is 6.29 Å². The number of aliphatic hydroxyl groups is 4. The van der Waals surface area contributed by atoms with Crippen molar-refractivity contribution in [1.82, 2.24) is 0 Å². The highest BCUT2D eigenvalue weighted by Gasteiger charge is 2.44. The predicted molar refractivity (Wildman–Crippen MR) is 100 cm³/mol. The molecule has 0 unspecified atom stereocenters. The third-order valence-corrected chi connectivity index (χ3v) is 4.71. The summed E-state index contributed by atoms with van der Waals surface area (Å²) in [5.74, 6) is 0.385. The summed E-state index contributed by atoms with van der Waals surface area (Å²) in [5.41, 5.74) is 1.98. The molecule has 1 aliphatic rings. The zero-order valence-corrected chi connectivity index (χ0v) is 15.4. The summed E-state index contributed by atoms with van der Waals surface area (Å²) in [4.78, 5) is 0. The minimum Gasteiger partial charge on any atom is -0.462 e. The van der Waals surface area contributed by atoms with Gasteiger partial charge in [-0.2, -0.15) is 8.78 Å². The van der Waals surface area contributed by atoms with Crippen LogP contribution in [0.5, 0.6) is 5.75 Å². The lowest BCUT2D eigenvalue weighted by Gasteiger charge is -2.39. The van der Waals surface area contributed by atoms with Crippen molar-refractivity contribution in [3.05, 3.63) is 71.3 Å². The van der Waals surface area contributed by atoms with Crippen LogP contribution >= 0.6 is 0 Å². The molecular weight excluding hydrogens is 386 g/mol. The van der Waals surface area contributed by atoms with Crippen molar-refractivity contribution >= 4 is 6.08 Å². The standard InChI is InChI=1S/C21H22F2O6/c22-17(23)10-13-7-5-12(6-8-13)9-14-3-1-2-4-15(14)28-21-20(27)19(26)18(25)16(11-24)29-21/h1-8,10,16,18-21,24-27H,9,11H2/t16-,18-,19+,20-,21-/m1/s1. The molecular formula is C21H22F2O6. The second kappa shape index (κ2) is 9.43. The Bertz CT molecular complexity index is 835. The zero-order valence-electron chi connectivity index (χ0n) is 15.4. The molecule has 0 aromatic heterocycles. The van der Waals surface area contributed by atoms with Crippen molar-refractivity contribution in [2.24, 2.45) is 0 Å². The van der Waals surface area contributed by atoms with Gasteiger partial charge in [0, 0.05) is 12.5 Å². The smallest absolute Gasteiger partial charge is 0.270 e. The van der Waals surface area contributed by atoms with Crippen LogP contribution in [0.4, 0.5) is 8.78 Å². The van der Waals surface area contributed by atoms with Gasteiger partial charge >= 0.3 is 0 Å². The zero-order chi connectivity index (χ0) is 21.0. The van der Waals surface area contributed by atoms with E-state index >= 15 is 0 Å². The monoisotopic (exact) mass is 408 g/mol. The highest BCUT2D eigenvalue weighted by Crippen LogP contribution is 2.28. The highest BCUT2D eigenvalue weighted by molar-refractivity contribution is 5.50. The third kappa shape index (κ3) is 5.17. The van der Waals surface area contributed by atoms with Crippen LogP contribution in [-0.2, 0) is 11.2 Å². The van der Waals surface area contributed by atoms with Gasteiger partial charge in [-0.3, -0.25) is 0 Å². The summed E-state index contributed by atoms with van der Waals surface area (Å²) < 4.78 is 35.8. The van der Waals surface area contributed by atoms with Gasteiger partial charge in [0.1, 0.15) is 30.2 Å². The van der Waals surface area contributed by atoms with Crippen molar-refractivity contribution in [2.75, 3.05) is 6.61 Å². The number of ether oxygens (including phenoxy) is 2. The van der Waals surface area contributed by atoms with Crippen LogP contribution < -0.4 is 4.74 Å². The van der Waals surface area contributed by atoms with Crippen molar-refractivity contribution in [3.8, 4) is 5.75 Å². The average molecular weight is 408 g/mol. The summed E-state index contributed by atoms with van der Waals surface area (Å²) >= 11 is 0. The molecule has 0 bridgehead atoms. The van der Waals surface area contributed by atoms with E-state index in [2.05, 4.69) is 0 Å². The fourth-order valence-corrected chi connectivity index (χ4v) is 3.13. The number of halogens is 2. The Balaban J connectivity index is 1.76. The van der Waals surface area contributed by atoms with Crippen molar-refractivity contribution in [1.29, 1.82) is 0 Å². The van der Waals surface area contributed by atoms with Gasteiger partial charge in [0.05, 0.1) is 6.61 Å². The normalized spacial score (nSPS) is 26.8. The Morgan fingerprint density at radius 3 is 2.31 bits per heavy atom. The van der Waals surface area contributed by atoms with Crippen LogP contribution in [0.15, 0.2) is 54.6 Å². The van der Waals surface area contributed by atoms with Crippen LogP contribution in [0.25, 0.3) is 6.08 Å². The lowest BCUT2D eigenvalue weighted by atomic mass is 9.99. The highest BCUT2D eigenvalue weighted by atomic mass is 19.3. The summed E-state index contributed by atoms with van der Waals surface area (Å²) in [5, 5.41) is 39.2. The van der Waals surface area contributed by atoms with Crippen LogP contribution in [0.1, 0.15) is 16.7 Å². The van der Waals surface area contributed by atoms with Gasteiger partial charge in [0.25, 0.3) is 6.08 Å². The number of para-hydroxylation sites is 1. The van der Waals surface area contributed by atoms with Gasteiger partial charge in [-0.15, -0.1) is 0 Å². The molecule has 8 heteroatoms. The lowest BCUT2D eigenvalue weighted by molar-refractivity contribution is -0.277. The number of hydrogen-bond donors (Lipinski definition) is 4. The molecule has 6 nitrogen and oxygen atoms in total. The number of aliphatic hydroxyl groups excluding tert-OH is 4. The molecule has 29 heavy (non-hydrogen) atoms. The Kier molecular flexibility index (Phi) is 6.94. The molecule has 1 heterocycles. The Morgan fingerprint density at radius 2 is 1.66 bits per heavy atom. The van der Waals surface area contributed by atoms with Gasteiger partial charge in [0.15, 0.2) is 0 Å². The first-order chi connectivity index (χ1) is 13.9. The van der Waals surface area contributed by atoms with E-state index in [0.29, 0.717) is 17.7 Å². The van der Waals surface area contributed by atoms with Gasteiger partial charge < -0.3 is 29.9 Å². The van der Waals surface area contributed by atoms with Crippen LogP contribution in [0.3, 0.4) is 0 Å². The number of rotatable bonds is 6. The van der Waals surface area contributed by atoms with Crippen molar-refractivity contribution in [2.45, 2.75) is 37.1 Å². The van der Waals surface area contributed by atoms with Crippen molar-refractivity contribution < 1.29 is 38.7 Å². The molecule has 0 saturated carbocycles. The fourth-order valence-electron chi connectivity index (χ4n) is 3.13. The minimum absolute atomic E-state index is 0.385. The maximum Gasteiger partial charge on any atom is 0.270 e. The molecule has 4 N–H and O–H groups in total. The van der Waals surface area contributed by atoms with Gasteiger partial charge in [-0.1, -0.05) is 42.5 Å². The predicted octanol–water partition coefficient (Wildman–Crippen LogP) is 1.69. The third-order valence-electron chi connectivity index (χ3n) is 4.71. The van der Waals surface area contributed by atoms with E-state index in [1.807, 2.05) is 0 Å². The quantitative estimate of drug-likeness (QED) is 0.581. The maximum atomic E-state index is 12.3. The van der Waals surface area contributed by atoms with Gasteiger partial charge in [-0.05, 0) is 22.8 Å². The van der Waals surface area contributed by atoms with E-state index < -0.39 is 43.4 Å². The summed E-state index contributed by atoms with van der Waals surface area (Å²) in [7, 11) is 0. The second-order valence-corrected chi connectivity index (χ2v) is 6.78. The lowest BCUT2D eigenvalue weighted by Crippen LogP contribution is -2.60. The molecule has 1 fully saturated rings. The molecule has 1 aliphatic heterocycles. The first-order valence-corrected chi connectivity index (χ1v) is 9.05. The summed E-state index contributed by atoms with van der Waals surface area (Å²) in [6, 6.07) is 13.6. The molecule has 0 aliphatic carbocycles. The van der Waals surface area contributed by atoms with E-state index in [-0.39, 0.29) is 0 Å². The molecule has 0 radical (unpaired) electrons. The molecule has 0 spiro atoms. The van der Waals surface area contributed by atoms with E-state index in [1.54, 1.807) is 48.5 Å². The molecule has 1 saturated heterocycles. The van der Waals surface area contributed by atoms with Gasteiger partial charge in [-0.25, -0.2) is 0 Å². The second-order valence-electron chi connectivity index (χ2n) is 6.78. The van der Waals surface area contributed by atoms with E-state index in [9.17, 15) is 29.2 Å². The maximum absolute atomic E-state index is 12.3. The first-order valence-electron chi connectivity index (χ1n) is 9.05. The van der Waals surface area contributed by atoms with E-state index in [1.165, 1.54) is 0 Å². The molecule has 2 aromatic carbocycles. The summed E-state index contributed by atoms with van der Waals surface area (Å²) in [6.45, 7) is -0.549. The van der Waals surface area contributed by atoms with E-state index in [4.69, 9.17) is 9.47 Å². The SMILES string of the molecule is OC[C@H]1O[C@@H](Oc2ccccc2Cc2ccc(C=C(F)F)cc2)[C@H](O)[C@@H](O)[C@@H]1O.